The molecule has 0 aliphatic carbocycles. The highest BCUT2D eigenvalue weighted by atomic mass is 35.5. The van der Waals surface area contributed by atoms with Crippen LogP contribution in [-0.2, 0) is 17.8 Å². The van der Waals surface area contributed by atoms with Gasteiger partial charge in [-0.2, -0.15) is 4.98 Å². The number of carbonyl (C=O) groups excluding carboxylic acids is 1. The Kier molecular flexibility index (Phi) is 6.68. The van der Waals surface area contributed by atoms with E-state index in [1.807, 2.05) is 43.3 Å². The molecule has 0 bridgehead atoms. The summed E-state index contributed by atoms with van der Waals surface area (Å²) in [5.41, 5.74) is 4.04. The fourth-order valence-electron chi connectivity index (χ4n) is 4.10. The Bertz CT molecular complexity index is 1070. The van der Waals surface area contributed by atoms with Crippen LogP contribution in [0.15, 0.2) is 47.0 Å². The van der Waals surface area contributed by atoms with Crippen LogP contribution in [0.3, 0.4) is 0 Å². The number of hydrogen-bond acceptors (Lipinski definition) is 5. The van der Waals surface area contributed by atoms with Crippen molar-refractivity contribution in [3.8, 4) is 11.4 Å². The van der Waals surface area contributed by atoms with Crippen LogP contribution in [-0.4, -0.2) is 34.0 Å². The Balaban J connectivity index is 1.40. The van der Waals surface area contributed by atoms with Gasteiger partial charge in [0, 0.05) is 22.8 Å². The van der Waals surface area contributed by atoms with Gasteiger partial charge in [-0.25, -0.2) is 0 Å². The second-order valence-corrected chi connectivity index (χ2v) is 8.48. The second-order valence-electron chi connectivity index (χ2n) is 8.05. The van der Waals surface area contributed by atoms with Gasteiger partial charge in [-0.05, 0) is 56.0 Å². The zero-order chi connectivity index (χ0) is 21.8. The largest absolute Gasteiger partial charge is 0.338 e. The predicted molar refractivity (Wildman–Crippen MR) is 122 cm³/mol. The van der Waals surface area contributed by atoms with E-state index >= 15 is 0 Å². The van der Waals surface area contributed by atoms with Gasteiger partial charge in [-0.3, -0.25) is 9.69 Å². The molecule has 4 rings (SSSR count). The molecule has 2 heterocycles. The fourth-order valence-corrected chi connectivity index (χ4v) is 4.29. The van der Waals surface area contributed by atoms with Crippen molar-refractivity contribution in [1.82, 2.24) is 15.0 Å². The van der Waals surface area contributed by atoms with Gasteiger partial charge >= 0.3 is 0 Å². The molecule has 1 saturated heterocycles. The molecule has 1 aliphatic rings. The van der Waals surface area contributed by atoms with E-state index in [1.165, 1.54) is 5.56 Å². The van der Waals surface area contributed by atoms with Crippen molar-refractivity contribution in [2.75, 3.05) is 18.4 Å². The van der Waals surface area contributed by atoms with Gasteiger partial charge in [0.15, 0.2) is 0 Å². The highest BCUT2D eigenvalue weighted by Gasteiger charge is 2.27. The van der Waals surface area contributed by atoms with Gasteiger partial charge in [0.2, 0.25) is 17.6 Å². The van der Waals surface area contributed by atoms with E-state index in [4.69, 9.17) is 16.1 Å². The van der Waals surface area contributed by atoms with Crippen molar-refractivity contribution in [2.45, 2.75) is 39.7 Å². The van der Waals surface area contributed by atoms with Crippen molar-refractivity contribution in [1.29, 1.82) is 0 Å². The number of benzene rings is 2. The van der Waals surface area contributed by atoms with E-state index in [-0.39, 0.29) is 11.8 Å². The first kappa shape index (κ1) is 21.5. The maximum Gasteiger partial charge on any atom is 0.241 e. The van der Waals surface area contributed by atoms with Crippen LogP contribution in [0.4, 0.5) is 5.69 Å². The van der Waals surface area contributed by atoms with Crippen molar-refractivity contribution in [3.63, 3.8) is 0 Å². The summed E-state index contributed by atoms with van der Waals surface area (Å²) >= 11 is 6.06. The lowest BCUT2D eigenvalue weighted by atomic mass is 9.96. The van der Waals surface area contributed by atoms with Crippen LogP contribution >= 0.6 is 11.6 Å². The van der Waals surface area contributed by atoms with Gasteiger partial charge < -0.3 is 9.84 Å². The zero-order valence-corrected chi connectivity index (χ0v) is 18.7. The third kappa shape index (κ3) is 5.14. The number of nitrogens with one attached hydrogen (secondary N) is 1. The zero-order valence-electron chi connectivity index (χ0n) is 17.9. The number of carbonyl (C=O) groups is 1. The molecule has 3 aromatic rings. The molecule has 1 unspecified atom stereocenters. The fraction of sp³-hybridized carbons (Fsp3) is 0.375. The molecule has 31 heavy (non-hydrogen) atoms. The highest BCUT2D eigenvalue weighted by molar-refractivity contribution is 6.30. The number of anilines is 1. The minimum atomic E-state index is -0.0617. The Morgan fingerprint density at radius 3 is 2.94 bits per heavy atom. The third-order valence-electron chi connectivity index (χ3n) is 5.77. The summed E-state index contributed by atoms with van der Waals surface area (Å²) in [4.78, 5) is 19.7. The molecule has 6 nitrogen and oxygen atoms in total. The summed E-state index contributed by atoms with van der Waals surface area (Å²) in [6.45, 7) is 6.25. The molecule has 1 fully saturated rings. The molecule has 2 aromatic carbocycles. The van der Waals surface area contributed by atoms with E-state index in [0.717, 1.165) is 42.6 Å². The number of aromatic nitrogens is 2. The van der Waals surface area contributed by atoms with Crippen molar-refractivity contribution in [3.05, 3.63) is 64.5 Å². The number of likely N-dealkylation sites (tertiary alicyclic amines) is 1. The molecular formula is C24H27ClN4O2. The molecule has 0 radical (unpaired) electrons. The van der Waals surface area contributed by atoms with Gasteiger partial charge in [0.1, 0.15) is 0 Å². The molecule has 7 heteroatoms. The normalized spacial score (nSPS) is 16.9. The van der Waals surface area contributed by atoms with Crippen LogP contribution in [0.5, 0.6) is 0 Å². The number of halogens is 1. The quantitative estimate of drug-likeness (QED) is 0.578. The summed E-state index contributed by atoms with van der Waals surface area (Å²) in [7, 11) is 0. The Hall–Kier alpha value is -2.70. The van der Waals surface area contributed by atoms with E-state index < -0.39 is 0 Å². The molecule has 0 spiro atoms. The van der Waals surface area contributed by atoms with Gasteiger partial charge in [-0.15, -0.1) is 0 Å². The molecule has 1 aliphatic heterocycles. The lowest BCUT2D eigenvalue weighted by Gasteiger charge is -2.31. The number of nitrogens with zero attached hydrogens (tertiary/aromatic N) is 3. The predicted octanol–water partition coefficient (Wildman–Crippen LogP) is 5.11. The summed E-state index contributed by atoms with van der Waals surface area (Å²) < 4.78 is 5.45. The molecule has 162 valence electrons. The Morgan fingerprint density at radius 1 is 1.29 bits per heavy atom. The van der Waals surface area contributed by atoms with Crippen molar-refractivity contribution < 1.29 is 9.32 Å². The number of aryl methyl sites for hydroxylation is 2. The summed E-state index contributed by atoms with van der Waals surface area (Å²) in [6, 6.07) is 13.5. The average Bonchev–Trinajstić information content (AvgIpc) is 3.24. The number of rotatable bonds is 6. The summed E-state index contributed by atoms with van der Waals surface area (Å²) in [5, 5.41) is 7.90. The first-order chi connectivity index (χ1) is 15.0. The van der Waals surface area contributed by atoms with Crippen LogP contribution in [0.1, 0.15) is 36.8 Å². The van der Waals surface area contributed by atoms with Crippen molar-refractivity contribution >= 4 is 23.2 Å². The maximum absolute atomic E-state index is 13.0. The van der Waals surface area contributed by atoms with Crippen molar-refractivity contribution in [2.24, 2.45) is 5.92 Å². The van der Waals surface area contributed by atoms with Gasteiger partial charge in [0.25, 0.3) is 0 Å². The maximum atomic E-state index is 13.0. The van der Waals surface area contributed by atoms with Crippen LogP contribution in [0.25, 0.3) is 11.4 Å². The first-order valence-electron chi connectivity index (χ1n) is 10.7. The molecular weight excluding hydrogens is 412 g/mol. The first-order valence-corrected chi connectivity index (χ1v) is 11.1. The molecule has 1 N–H and O–H groups in total. The highest BCUT2D eigenvalue weighted by Crippen LogP contribution is 2.25. The van der Waals surface area contributed by atoms with Gasteiger partial charge in [0.05, 0.1) is 12.5 Å². The topological polar surface area (TPSA) is 71.3 Å². The average molecular weight is 439 g/mol. The number of para-hydroxylation sites is 1. The van der Waals surface area contributed by atoms with E-state index in [2.05, 4.69) is 33.3 Å². The number of piperidine rings is 1. The molecule has 1 amide bonds. The van der Waals surface area contributed by atoms with Crippen LogP contribution in [0, 0.1) is 12.8 Å². The lowest BCUT2D eigenvalue weighted by Crippen LogP contribution is -2.40. The molecule has 0 saturated carbocycles. The molecule has 1 aromatic heterocycles. The lowest BCUT2D eigenvalue weighted by molar-refractivity contribution is -0.121. The summed E-state index contributed by atoms with van der Waals surface area (Å²) in [6.07, 6.45) is 2.73. The van der Waals surface area contributed by atoms with E-state index in [1.54, 1.807) is 0 Å². The Morgan fingerprint density at radius 2 is 2.13 bits per heavy atom. The smallest absolute Gasteiger partial charge is 0.241 e. The number of amides is 1. The second kappa shape index (κ2) is 9.62. The van der Waals surface area contributed by atoms with E-state index in [9.17, 15) is 4.79 Å². The third-order valence-corrected chi connectivity index (χ3v) is 6.01. The summed E-state index contributed by atoms with van der Waals surface area (Å²) in [5.74, 6) is 1.09. The number of hydrogen-bond donors (Lipinski definition) is 1. The molecule has 1 atom stereocenters. The van der Waals surface area contributed by atoms with E-state index in [0.29, 0.717) is 29.8 Å². The minimum absolute atomic E-state index is 0.0617. The Labute approximate surface area is 187 Å². The monoisotopic (exact) mass is 438 g/mol. The standard InChI is InChI=1S/C24H27ClN4O2/c1-3-17-8-4-7-16(2)22(17)27-24(30)19-10-6-12-29(14-19)15-21-26-23(28-31-21)18-9-5-11-20(25)13-18/h4-5,7-9,11,13,19H,3,6,10,12,14-15H2,1-2H3,(H,27,30). The van der Waals surface area contributed by atoms with Crippen LogP contribution in [0.2, 0.25) is 5.02 Å². The minimum Gasteiger partial charge on any atom is -0.338 e. The van der Waals surface area contributed by atoms with Gasteiger partial charge in [-0.1, -0.05) is 54.0 Å². The van der Waals surface area contributed by atoms with Crippen LogP contribution < -0.4 is 5.32 Å². The SMILES string of the molecule is CCc1cccc(C)c1NC(=O)C1CCCN(Cc2nc(-c3cccc(Cl)c3)no2)C1.